The monoisotopic (exact) mass is 568 g/mol. The second-order valence-corrected chi connectivity index (χ2v) is 11.7. The van der Waals surface area contributed by atoms with Gasteiger partial charge in [0.1, 0.15) is 16.6 Å². The third-order valence-corrected chi connectivity index (χ3v) is 8.70. The molecule has 2 aliphatic heterocycles. The molecule has 1 aromatic heterocycles. The van der Waals surface area contributed by atoms with Gasteiger partial charge in [0.2, 0.25) is 0 Å². The Morgan fingerprint density at radius 1 is 1.10 bits per heavy atom. The molecule has 2 amide bonds. The SMILES string of the molecule is Cc1cc(C(=O)N[C@H](Cc2cc(F)cc(F)c2)[C@H](O)[C@@H]2CCCN2)cc(C(=O)N2CCC[C@@H]2c2nc(C)cs2)c1. The summed E-state index contributed by atoms with van der Waals surface area (Å²) in [5.41, 5.74) is 2.70. The Labute approximate surface area is 236 Å². The Morgan fingerprint density at radius 3 is 2.52 bits per heavy atom. The fourth-order valence-corrected chi connectivity index (χ4v) is 6.71. The summed E-state index contributed by atoms with van der Waals surface area (Å²) in [6, 6.07) is 7.09. The van der Waals surface area contributed by atoms with Gasteiger partial charge in [-0.15, -0.1) is 11.3 Å². The Morgan fingerprint density at radius 2 is 1.85 bits per heavy atom. The maximum absolute atomic E-state index is 13.9. The number of nitrogens with zero attached hydrogens (tertiary/aromatic N) is 2. The zero-order valence-electron chi connectivity index (χ0n) is 22.6. The first-order valence-corrected chi connectivity index (χ1v) is 14.6. The van der Waals surface area contributed by atoms with Gasteiger partial charge in [0, 0.05) is 40.9 Å². The van der Waals surface area contributed by atoms with Crippen LogP contribution < -0.4 is 10.6 Å². The average molecular weight is 569 g/mol. The molecular formula is C30H34F2N4O3S. The molecule has 2 saturated heterocycles. The van der Waals surface area contributed by atoms with Gasteiger partial charge in [0.05, 0.1) is 18.2 Å². The normalized spacial score (nSPS) is 20.5. The summed E-state index contributed by atoms with van der Waals surface area (Å²) < 4.78 is 27.8. The number of carbonyl (C=O) groups is 2. The molecule has 0 aliphatic carbocycles. The van der Waals surface area contributed by atoms with Gasteiger partial charge in [0.25, 0.3) is 11.8 Å². The van der Waals surface area contributed by atoms with Gasteiger partial charge >= 0.3 is 0 Å². The van der Waals surface area contributed by atoms with Crippen molar-refractivity contribution in [3.63, 3.8) is 0 Å². The van der Waals surface area contributed by atoms with Crippen molar-refractivity contribution in [3.05, 3.63) is 86.4 Å². The van der Waals surface area contributed by atoms with E-state index in [9.17, 15) is 23.5 Å². The van der Waals surface area contributed by atoms with E-state index in [1.54, 1.807) is 29.5 Å². The van der Waals surface area contributed by atoms with Crippen LogP contribution in [0.4, 0.5) is 8.78 Å². The van der Waals surface area contributed by atoms with Crippen LogP contribution in [0.2, 0.25) is 0 Å². The van der Waals surface area contributed by atoms with Gasteiger partial charge in [-0.1, -0.05) is 0 Å². The summed E-state index contributed by atoms with van der Waals surface area (Å²) in [5, 5.41) is 20.2. The van der Waals surface area contributed by atoms with Gasteiger partial charge in [0.15, 0.2) is 0 Å². The molecule has 7 nitrogen and oxygen atoms in total. The first-order valence-electron chi connectivity index (χ1n) is 13.7. The number of nitrogens with one attached hydrogen (secondary N) is 2. The van der Waals surface area contributed by atoms with E-state index in [0.717, 1.165) is 54.6 Å². The number of rotatable bonds is 8. The van der Waals surface area contributed by atoms with Crippen LogP contribution in [-0.2, 0) is 6.42 Å². The first-order chi connectivity index (χ1) is 19.2. The molecule has 3 aromatic rings. The number of aliphatic hydroxyl groups is 1. The number of benzene rings is 2. The van der Waals surface area contributed by atoms with E-state index < -0.39 is 29.7 Å². The third kappa shape index (κ3) is 6.40. The van der Waals surface area contributed by atoms with Gasteiger partial charge < -0.3 is 20.6 Å². The van der Waals surface area contributed by atoms with E-state index in [1.165, 1.54) is 12.1 Å². The number of hydrogen-bond donors (Lipinski definition) is 3. The van der Waals surface area contributed by atoms with Crippen molar-refractivity contribution in [1.29, 1.82) is 0 Å². The van der Waals surface area contributed by atoms with Crippen LogP contribution >= 0.6 is 11.3 Å². The van der Waals surface area contributed by atoms with Crippen molar-refractivity contribution in [2.75, 3.05) is 13.1 Å². The standard InChI is InChI=1S/C30H34F2N4O3S/c1-17-9-20(14-21(10-17)30(39)36-8-4-6-26(36)29-34-18(2)16-40-29)28(38)35-25(27(37)24-5-3-7-33-24)13-19-11-22(31)15-23(32)12-19/h9-12,14-16,24-27,33,37H,3-8,13H2,1-2H3,(H,35,38)/t24-,25+,26+,27+/m0/s1. The number of thiazole rings is 1. The zero-order chi connectivity index (χ0) is 28.4. The minimum atomic E-state index is -0.976. The summed E-state index contributed by atoms with van der Waals surface area (Å²) in [7, 11) is 0. The Kier molecular flexibility index (Phi) is 8.58. The topological polar surface area (TPSA) is 94.6 Å². The van der Waals surface area contributed by atoms with Crippen LogP contribution in [0, 0.1) is 25.5 Å². The molecule has 40 heavy (non-hydrogen) atoms. The zero-order valence-corrected chi connectivity index (χ0v) is 23.4. The van der Waals surface area contributed by atoms with Gasteiger partial charge in [-0.2, -0.15) is 0 Å². The van der Waals surface area contributed by atoms with E-state index in [4.69, 9.17) is 0 Å². The Balaban J connectivity index is 1.37. The second kappa shape index (κ2) is 12.1. The predicted molar refractivity (Wildman–Crippen MR) is 149 cm³/mol. The van der Waals surface area contributed by atoms with Gasteiger partial charge in [-0.3, -0.25) is 9.59 Å². The maximum Gasteiger partial charge on any atom is 0.254 e. The summed E-state index contributed by atoms with van der Waals surface area (Å²) in [4.78, 5) is 33.6. The number of aromatic nitrogens is 1. The largest absolute Gasteiger partial charge is 0.389 e. The molecule has 10 heteroatoms. The van der Waals surface area contributed by atoms with Gasteiger partial charge in [-0.05, 0) is 94.0 Å². The van der Waals surface area contributed by atoms with Crippen molar-refractivity contribution in [2.45, 2.75) is 70.2 Å². The number of likely N-dealkylation sites (tertiary alicyclic amines) is 1. The van der Waals surface area contributed by atoms with Crippen molar-refractivity contribution in [2.24, 2.45) is 0 Å². The van der Waals surface area contributed by atoms with Crippen LogP contribution in [0.15, 0.2) is 41.8 Å². The molecular weight excluding hydrogens is 534 g/mol. The molecule has 3 N–H and O–H groups in total. The van der Waals surface area contributed by atoms with Crippen molar-refractivity contribution in [1.82, 2.24) is 20.5 Å². The lowest BCUT2D eigenvalue weighted by molar-refractivity contribution is 0.0733. The molecule has 2 fully saturated rings. The van der Waals surface area contributed by atoms with Crippen LogP contribution in [-0.4, -0.2) is 58.1 Å². The van der Waals surface area contributed by atoms with E-state index in [-0.39, 0.29) is 30.0 Å². The highest BCUT2D eigenvalue weighted by molar-refractivity contribution is 7.09. The number of aryl methyl sites for hydroxylation is 2. The quantitative estimate of drug-likeness (QED) is 0.373. The average Bonchev–Trinajstić information content (AvgIpc) is 3.68. The second-order valence-electron chi connectivity index (χ2n) is 10.8. The van der Waals surface area contributed by atoms with Crippen LogP contribution in [0.1, 0.15) is 74.3 Å². The number of hydrogen-bond acceptors (Lipinski definition) is 6. The van der Waals surface area contributed by atoms with Crippen LogP contribution in [0.3, 0.4) is 0 Å². The molecule has 212 valence electrons. The lowest BCUT2D eigenvalue weighted by Gasteiger charge is -2.29. The van der Waals surface area contributed by atoms with E-state index in [0.29, 0.717) is 17.7 Å². The minimum absolute atomic E-state index is 0.0417. The molecule has 0 spiro atoms. The Hall–Kier alpha value is -3.21. The number of carbonyl (C=O) groups excluding carboxylic acids is 2. The molecule has 0 unspecified atom stereocenters. The smallest absolute Gasteiger partial charge is 0.254 e. The fraction of sp³-hybridized carbons (Fsp3) is 0.433. The van der Waals surface area contributed by atoms with Gasteiger partial charge in [-0.25, -0.2) is 13.8 Å². The summed E-state index contributed by atoms with van der Waals surface area (Å²) >= 11 is 1.55. The van der Waals surface area contributed by atoms with E-state index >= 15 is 0 Å². The third-order valence-electron chi connectivity index (χ3n) is 7.64. The Bertz CT molecular complexity index is 1370. The van der Waals surface area contributed by atoms with Crippen LogP contribution in [0.5, 0.6) is 0 Å². The highest BCUT2D eigenvalue weighted by Crippen LogP contribution is 2.35. The number of halogens is 2. The van der Waals surface area contributed by atoms with E-state index in [1.807, 2.05) is 24.1 Å². The molecule has 0 bridgehead atoms. The molecule has 3 heterocycles. The molecule has 0 saturated carbocycles. The summed E-state index contributed by atoms with van der Waals surface area (Å²) in [6.45, 7) is 5.12. The lowest BCUT2D eigenvalue weighted by atomic mass is 9.94. The molecule has 0 radical (unpaired) electrons. The van der Waals surface area contributed by atoms with Crippen molar-refractivity contribution in [3.8, 4) is 0 Å². The lowest BCUT2D eigenvalue weighted by Crippen LogP contribution is -2.52. The van der Waals surface area contributed by atoms with Crippen molar-refractivity contribution >= 4 is 23.2 Å². The molecule has 2 aromatic carbocycles. The molecule has 4 atom stereocenters. The highest BCUT2D eigenvalue weighted by Gasteiger charge is 2.34. The predicted octanol–water partition coefficient (Wildman–Crippen LogP) is 4.47. The number of amides is 2. The summed E-state index contributed by atoms with van der Waals surface area (Å²) in [5.74, 6) is -2.06. The summed E-state index contributed by atoms with van der Waals surface area (Å²) in [6.07, 6.45) is 2.40. The molecule has 2 aliphatic rings. The molecule has 5 rings (SSSR count). The number of aliphatic hydroxyl groups excluding tert-OH is 1. The van der Waals surface area contributed by atoms with E-state index in [2.05, 4.69) is 15.6 Å². The van der Waals surface area contributed by atoms with Crippen molar-refractivity contribution < 1.29 is 23.5 Å². The first kappa shape index (κ1) is 28.3. The minimum Gasteiger partial charge on any atom is -0.389 e. The highest BCUT2D eigenvalue weighted by atomic mass is 32.1. The fourth-order valence-electron chi connectivity index (χ4n) is 5.77. The van der Waals surface area contributed by atoms with Crippen LogP contribution in [0.25, 0.3) is 0 Å². The maximum atomic E-state index is 13.9.